The summed E-state index contributed by atoms with van der Waals surface area (Å²) in [5.74, 6) is 1.25. The number of ether oxygens (including phenoxy) is 4. The highest BCUT2D eigenvalue weighted by Crippen LogP contribution is 2.16. The highest BCUT2D eigenvalue weighted by Gasteiger charge is 2.12. The molecule has 0 spiro atoms. The maximum absolute atomic E-state index is 12.6. The molecule has 0 aromatic heterocycles. The average molecular weight is 406 g/mol. The second-order valence-corrected chi connectivity index (χ2v) is 6.73. The maximum atomic E-state index is 12.6. The summed E-state index contributed by atoms with van der Waals surface area (Å²) in [7, 11) is 3.26. The standard InChI is InChI=1S/C25H26O5/c1-27-22-11-7-19(8-12-22)17-29-16-15-21-5-3-4-6-24(21)25(26)30-18-20-9-13-23(28-2)14-10-20/h3-14H,15-18H2,1-2H3. The van der Waals surface area contributed by atoms with E-state index in [0.717, 1.165) is 28.2 Å². The molecule has 0 heterocycles. The van der Waals surface area contributed by atoms with Crippen molar-refractivity contribution in [1.82, 2.24) is 0 Å². The molecule has 0 saturated carbocycles. The van der Waals surface area contributed by atoms with Gasteiger partial charge in [-0.2, -0.15) is 0 Å². The van der Waals surface area contributed by atoms with E-state index in [0.29, 0.717) is 25.2 Å². The third-order valence-electron chi connectivity index (χ3n) is 4.71. The molecule has 3 rings (SSSR count). The lowest BCUT2D eigenvalue weighted by molar-refractivity contribution is 0.0470. The minimum Gasteiger partial charge on any atom is -0.497 e. The van der Waals surface area contributed by atoms with E-state index in [4.69, 9.17) is 18.9 Å². The molecule has 3 aromatic rings. The van der Waals surface area contributed by atoms with Gasteiger partial charge in [-0.1, -0.05) is 42.5 Å². The summed E-state index contributed by atoms with van der Waals surface area (Å²) < 4.78 is 21.6. The average Bonchev–Trinajstić information content (AvgIpc) is 2.81. The summed E-state index contributed by atoms with van der Waals surface area (Å²) in [6.07, 6.45) is 0.629. The highest BCUT2D eigenvalue weighted by molar-refractivity contribution is 5.91. The normalized spacial score (nSPS) is 10.5. The molecule has 156 valence electrons. The van der Waals surface area contributed by atoms with Crippen LogP contribution in [0, 0.1) is 0 Å². The van der Waals surface area contributed by atoms with Gasteiger partial charge >= 0.3 is 5.97 Å². The molecule has 3 aromatic carbocycles. The lowest BCUT2D eigenvalue weighted by Crippen LogP contribution is -2.10. The fourth-order valence-electron chi connectivity index (χ4n) is 2.98. The van der Waals surface area contributed by atoms with E-state index in [1.54, 1.807) is 20.3 Å². The van der Waals surface area contributed by atoms with Gasteiger partial charge < -0.3 is 18.9 Å². The van der Waals surface area contributed by atoms with Gasteiger partial charge in [0.15, 0.2) is 0 Å². The van der Waals surface area contributed by atoms with Crippen LogP contribution in [-0.4, -0.2) is 26.8 Å². The molecule has 0 saturated heterocycles. The van der Waals surface area contributed by atoms with Crippen molar-refractivity contribution in [3.63, 3.8) is 0 Å². The van der Waals surface area contributed by atoms with Crippen LogP contribution in [0.15, 0.2) is 72.8 Å². The Kier molecular flexibility index (Phi) is 7.86. The number of carbonyl (C=O) groups is 1. The van der Waals surface area contributed by atoms with Crippen LogP contribution in [0.3, 0.4) is 0 Å². The van der Waals surface area contributed by atoms with Crippen molar-refractivity contribution in [2.45, 2.75) is 19.6 Å². The molecular weight excluding hydrogens is 380 g/mol. The molecule has 0 fully saturated rings. The van der Waals surface area contributed by atoms with Gasteiger partial charge in [0.25, 0.3) is 0 Å². The first-order valence-electron chi connectivity index (χ1n) is 9.78. The van der Waals surface area contributed by atoms with Crippen LogP contribution in [0.25, 0.3) is 0 Å². The number of benzene rings is 3. The number of esters is 1. The second-order valence-electron chi connectivity index (χ2n) is 6.73. The molecule has 0 aliphatic carbocycles. The van der Waals surface area contributed by atoms with E-state index in [-0.39, 0.29) is 12.6 Å². The lowest BCUT2D eigenvalue weighted by atomic mass is 10.1. The van der Waals surface area contributed by atoms with E-state index in [1.807, 2.05) is 66.7 Å². The lowest BCUT2D eigenvalue weighted by Gasteiger charge is -2.11. The Morgan fingerprint density at radius 2 is 1.30 bits per heavy atom. The number of hydrogen-bond donors (Lipinski definition) is 0. The van der Waals surface area contributed by atoms with Crippen LogP contribution in [0.4, 0.5) is 0 Å². The molecule has 5 nitrogen and oxygen atoms in total. The van der Waals surface area contributed by atoms with Crippen molar-refractivity contribution < 1.29 is 23.7 Å². The van der Waals surface area contributed by atoms with Crippen molar-refractivity contribution in [3.05, 3.63) is 95.1 Å². The molecule has 0 amide bonds. The van der Waals surface area contributed by atoms with Crippen LogP contribution in [-0.2, 0) is 29.1 Å². The van der Waals surface area contributed by atoms with Crippen molar-refractivity contribution in [2.24, 2.45) is 0 Å². The smallest absolute Gasteiger partial charge is 0.338 e. The third-order valence-corrected chi connectivity index (χ3v) is 4.71. The Bertz CT molecular complexity index is 933. The molecule has 30 heavy (non-hydrogen) atoms. The van der Waals surface area contributed by atoms with E-state index in [9.17, 15) is 4.79 Å². The highest BCUT2D eigenvalue weighted by atomic mass is 16.5. The number of carbonyl (C=O) groups excluding carboxylic acids is 1. The van der Waals surface area contributed by atoms with Crippen molar-refractivity contribution in [1.29, 1.82) is 0 Å². The zero-order chi connectivity index (χ0) is 21.2. The predicted octanol–water partition coefficient (Wildman–Crippen LogP) is 4.82. The van der Waals surface area contributed by atoms with Crippen LogP contribution >= 0.6 is 0 Å². The van der Waals surface area contributed by atoms with Crippen LogP contribution < -0.4 is 9.47 Å². The maximum Gasteiger partial charge on any atom is 0.338 e. The largest absolute Gasteiger partial charge is 0.497 e. The van der Waals surface area contributed by atoms with Crippen LogP contribution in [0.5, 0.6) is 11.5 Å². The van der Waals surface area contributed by atoms with Crippen LogP contribution in [0.2, 0.25) is 0 Å². The minimum absolute atomic E-state index is 0.213. The molecule has 0 unspecified atom stereocenters. The molecule has 0 aliphatic rings. The van der Waals surface area contributed by atoms with Gasteiger partial charge in [0.05, 0.1) is 33.0 Å². The van der Waals surface area contributed by atoms with Crippen molar-refractivity contribution >= 4 is 5.97 Å². The SMILES string of the molecule is COc1ccc(COCCc2ccccc2C(=O)OCc2ccc(OC)cc2)cc1. The molecule has 0 atom stereocenters. The molecule has 0 bridgehead atoms. The summed E-state index contributed by atoms with van der Waals surface area (Å²) in [6, 6.07) is 22.7. The Balaban J connectivity index is 1.50. The third kappa shape index (κ3) is 6.09. The Labute approximate surface area is 177 Å². The fraction of sp³-hybridized carbons (Fsp3) is 0.240. The van der Waals surface area contributed by atoms with Gasteiger partial charge in [-0.15, -0.1) is 0 Å². The van der Waals surface area contributed by atoms with Gasteiger partial charge in [0.2, 0.25) is 0 Å². The predicted molar refractivity (Wildman–Crippen MR) is 115 cm³/mol. The molecule has 0 aliphatic heterocycles. The van der Waals surface area contributed by atoms with Gasteiger partial charge in [0.1, 0.15) is 18.1 Å². The van der Waals surface area contributed by atoms with E-state index < -0.39 is 0 Å². The summed E-state index contributed by atoms with van der Waals surface area (Å²) in [5.41, 5.74) is 3.46. The van der Waals surface area contributed by atoms with E-state index in [1.165, 1.54) is 0 Å². The summed E-state index contributed by atoms with van der Waals surface area (Å²) in [4.78, 5) is 12.6. The summed E-state index contributed by atoms with van der Waals surface area (Å²) >= 11 is 0. The first-order valence-corrected chi connectivity index (χ1v) is 9.78. The first kappa shape index (κ1) is 21.4. The second kappa shape index (κ2) is 11.0. The molecule has 5 heteroatoms. The zero-order valence-corrected chi connectivity index (χ0v) is 17.3. The van der Waals surface area contributed by atoms with E-state index >= 15 is 0 Å². The Morgan fingerprint density at radius 3 is 1.90 bits per heavy atom. The first-order chi connectivity index (χ1) is 14.7. The van der Waals surface area contributed by atoms with Gasteiger partial charge in [-0.3, -0.25) is 0 Å². The Morgan fingerprint density at radius 1 is 0.733 bits per heavy atom. The quantitative estimate of drug-likeness (QED) is 0.357. The van der Waals surface area contributed by atoms with E-state index in [2.05, 4.69) is 0 Å². The fourth-order valence-corrected chi connectivity index (χ4v) is 2.98. The van der Waals surface area contributed by atoms with Gasteiger partial charge in [-0.25, -0.2) is 4.79 Å². The monoisotopic (exact) mass is 406 g/mol. The zero-order valence-electron chi connectivity index (χ0n) is 17.3. The van der Waals surface area contributed by atoms with Crippen molar-refractivity contribution in [2.75, 3.05) is 20.8 Å². The number of hydrogen-bond acceptors (Lipinski definition) is 5. The van der Waals surface area contributed by atoms with Gasteiger partial charge in [-0.05, 0) is 53.4 Å². The summed E-state index contributed by atoms with van der Waals surface area (Å²) in [5, 5.41) is 0. The van der Waals surface area contributed by atoms with Crippen LogP contribution in [0.1, 0.15) is 27.0 Å². The Hall–Kier alpha value is -3.31. The number of rotatable bonds is 10. The van der Waals surface area contributed by atoms with Gasteiger partial charge in [0, 0.05) is 0 Å². The minimum atomic E-state index is -0.337. The van der Waals surface area contributed by atoms with Crippen molar-refractivity contribution in [3.8, 4) is 11.5 Å². The topological polar surface area (TPSA) is 54.0 Å². The molecule has 0 radical (unpaired) electrons. The molecule has 0 N–H and O–H groups in total. The number of methoxy groups -OCH3 is 2. The summed E-state index contributed by atoms with van der Waals surface area (Å²) in [6.45, 7) is 1.23. The molecular formula is C25H26O5.